The van der Waals surface area contributed by atoms with Crippen LogP contribution in [0, 0.1) is 0 Å². The minimum Gasteiger partial charge on any atom is -0.371 e. The van der Waals surface area contributed by atoms with Crippen molar-refractivity contribution < 1.29 is 4.74 Å². The molecule has 0 amide bonds. The minimum atomic E-state index is 0.344. The van der Waals surface area contributed by atoms with Gasteiger partial charge in [0.05, 0.1) is 12.2 Å². The van der Waals surface area contributed by atoms with Crippen molar-refractivity contribution in [2.75, 3.05) is 0 Å². The van der Waals surface area contributed by atoms with Gasteiger partial charge in [-0.1, -0.05) is 25.8 Å². The van der Waals surface area contributed by atoms with Gasteiger partial charge in [0.25, 0.3) is 0 Å². The molecule has 1 fully saturated rings. The molecular weight excluding hydrogens is 136 g/mol. The predicted octanol–water partition coefficient (Wildman–Crippen LogP) is 2.91. The number of unbranched alkanes of at least 4 members (excludes halogenated alkanes) is 1. The minimum absolute atomic E-state index is 0.344. The van der Waals surface area contributed by atoms with E-state index in [0.717, 1.165) is 0 Å². The second kappa shape index (κ2) is 4.55. The van der Waals surface area contributed by atoms with Gasteiger partial charge in [-0.05, 0) is 19.3 Å². The summed E-state index contributed by atoms with van der Waals surface area (Å²) < 4.78 is 5.69. The maximum atomic E-state index is 5.69. The summed E-state index contributed by atoms with van der Waals surface area (Å²) in [6.45, 7) is 5.95. The van der Waals surface area contributed by atoms with Crippen molar-refractivity contribution in [3.8, 4) is 0 Å². The van der Waals surface area contributed by atoms with Crippen LogP contribution in [0.2, 0.25) is 0 Å². The van der Waals surface area contributed by atoms with E-state index in [1.54, 1.807) is 0 Å². The normalized spacial score (nSPS) is 30.6. The molecule has 64 valence electrons. The molecule has 0 spiro atoms. The molecule has 0 N–H and O–H groups in total. The Labute approximate surface area is 69.4 Å². The molecule has 11 heavy (non-hydrogen) atoms. The second-order valence-corrected chi connectivity index (χ2v) is 3.25. The summed E-state index contributed by atoms with van der Waals surface area (Å²) in [6, 6.07) is 0. The Morgan fingerprint density at radius 2 is 2.36 bits per heavy atom. The second-order valence-electron chi connectivity index (χ2n) is 3.25. The number of hydrogen-bond donors (Lipinski definition) is 0. The van der Waals surface area contributed by atoms with Crippen LogP contribution in [0.4, 0.5) is 0 Å². The fraction of sp³-hybridized carbons (Fsp3) is 0.800. The highest BCUT2D eigenvalue weighted by molar-refractivity contribution is 4.86. The van der Waals surface area contributed by atoms with E-state index in [0.29, 0.717) is 12.2 Å². The molecule has 0 aliphatic carbocycles. The van der Waals surface area contributed by atoms with E-state index in [9.17, 15) is 0 Å². The van der Waals surface area contributed by atoms with Crippen molar-refractivity contribution >= 4 is 0 Å². The molecule has 0 aromatic carbocycles. The lowest BCUT2D eigenvalue weighted by molar-refractivity contribution is 0.0645. The molecule has 0 aromatic rings. The molecule has 1 heteroatoms. The van der Waals surface area contributed by atoms with E-state index in [2.05, 4.69) is 13.5 Å². The van der Waals surface area contributed by atoms with Crippen molar-refractivity contribution in [3.05, 3.63) is 12.7 Å². The van der Waals surface area contributed by atoms with E-state index < -0.39 is 0 Å². The summed E-state index contributed by atoms with van der Waals surface area (Å²) in [6.07, 6.45) is 9.02. The van der Waals surface area contributed by atoms with Gasteiger partial charge in [-0.3, -0.25) is 0 Å². The molecular formula is C10H18O. The van der Waals surface area contributed by atoms with Gasteiger partial charge in [0.15, 0.2) is 0 Å². The summed E-state index contributed by atoms with van der Waals surface area (Å²) in [5.41, 5.74) is 0. The summed E-state index contributed by atoms with van der Waals surface area (Å²) in [7, 11) is 0. The molecule has 0 aromatic heterocycles. The third-order valence-corrected chi connectivity index (χ3v) is 2.28. The molecule has 2 atom stereocenters. The molecule has 0 unspecified atom stereocenters. The zero-order valence-electron chi connectivity index (χ0n) is 7.38. The van der Waals surface area contributed by atoms with Crippen molar-refractivity contribution in [2.24, 2.45) is 0 Å². The van der Waals surface area contributed by atoms with Crippen LogP contribution in [0.25, 0.3) is 0 Å². The van der Waals surface area contributed by atoms with Crippen molar-refractivity contribution in [1.82, 2.24) is 0 Å². The lowest BCUT2D eigenvalue weighted by Gasteiger charge is -2.09. The monoisotopic (exact) mass is 154 g/mol. The standard InChI is InChI=1S/C10H18O/c1-3-5-6-10-8-7-9(4-2)11-10/h4,9-10H,2-3,5-8H2,1H3/t9-,10+/m1/s1. The molecule has 1 nitrogen and oxygen atoms in total. The average molecular weight is 154 g/mol. The van der Waals surface area contributed by atoms with E-state index >= 15 is 0 Å². The fourth-order valence-corrected chi connectivity index (χ4v) is 1.55. The zero-order valence-corrected chi connectivity index (χ0v) is 7.38. The van der Waals surface area contributed by atoms with Crippen LogP contribution in [0.3, 0.4) is 0 Å². The van der Waals surface area contributed by atoms with E-state index in [1.165, 1.54) is 32.1 Å². The molecule has 0 saturated carbocycles. The van der Waals surface area contributed by atoms with Gasteiger partial charge in [0, 0.05) is 0 Å². The first-order valence-corrected chi connectivity index (χ1v) is 4.64. The Bertz CT molecular complexity index is 120. The fourth-order valence-electron chi connectivity index (χ4n) is 1.55. The molecule has 1 heterocycles. The van der Waals surface area contributed by atoms with Gasteiger partial charge >= 0.3 is 0 Å². The molecule has 0 radical (unpaired) electrons. The first-order chi connectivity index (χ1) is 5.36. The van der Waals surface area contributed by atoms with Crippen LogP contribution in [0.15, 0.2) is 12.7 Å². The predicted molar refractivity (Wildman–Crippen MR) is 47.6 cm³/mol. The third kappa shape index (κ3) is 2.66. The first kappa shape index (κ1) is 8.79. The van der Waals surface area contributed by atoms with Gasteiger partial charge in [-0.25, -0.2) is 0 Å². The zero-order chi connectivity index (χ0) is 8.10. The molecule has 1 aliphatic heterocycles. The summed E-state index contributed by atoms with van der Waals surface area (Å²) in [5, 5.41) is 0. The largest absolute Gasteiger partial charge is 0.371 e. The van der Waals surface area contributed by atoms with Gasteiger partial charge in [0.2, 0.25) is 0 Å². The van der Waals surface area contributed by atoms with Gasteiger partial charge in [0.1, 0.15) is 0 Å². The third-order valence-electron chi connectivity index (χ3n) is 2.28. The Kier molecular flexibility index (Phi) is 3.64. The van der Waals surface area contributed by atoms with Crippen LogP contribution in [0.1, 0.15) is 39.0 Å². The van der Waals surface area contributed by atoms with Crippen LogP contribution in [-0.4, -0.2) is 12.2 Å². The topological polar surface area (TPSA) is 9.23 Å². The Hall–Kier alpha value is -0.300. The number of ether oxygens (including phenoxy) is 1. The Balaban J connectivity index is 2.14. The Morgan fingerprint density at radius 3 is 2.91 bits per heavy atom. The first-order valence-electron chi connectivity index (χ1n) is 4.64. The maximum Gasteiger partial charge on any atom is 0.0757 e. The van der Waals surface area contributed by atoms with Crippen LogP contribution >= 0.6 is 0 Å². The lowest BCUT2D eigenvalue weighted by Crippen LogP contribution is -2.08. The average Bonchev–Trinajstić information content (AvgIpc) is 2.48. The quantitative estimate of drug-likeness (QED) is 0.566. The highest BCUT2D eigenvalue weighted by atomic mass is 16.5. The van der Waals surface area contributed by atoms with E-state index in [-0.39, 0.29) is 0 Å². The van der Waals surface area contributed by atoms with Crippen molar-refractivity contribution in [3.63, 3.8) is 0 Å². The summed E-state index contributed by atoms with van der Waals surface area (Å²) in [5.74, 6) is 0. The highest BCUT2D eigenvalue weighted by Crippen LogP contribution is 2.23. The number of rotatable bonds is 4. The summed E-state index contributed by atoms with van der Waals surface area (Å²) >= 11 is 0. The molecule has 0 bridgehead atoms. The van der Waals surface area contributed by atoms with E-state index in [4.69, 9.17) is 4.74 Å². The maximum absolute atomic E-state index is 5.69. The van der Waals surface area contributed by atoms with Gasteiger partial charge in [-0.2, -0.15) is 0 Å². The molecule has 1 aliphatic rings. The van der Waals surface area contributed by atoms with Crippen LogP contribution in [0.5, 0.6) is 0 Å². The highest BCUT2D eigenvalue weighted by Gasteiger charge is 2.21. The van der Waals surface area contributed by atoms with Gasteiger partial charge < -0.3 is 4.74 Å². The van der Waals surface area contributed by atoms with Crippen molar-refractivity contribution in [2.45, 2.75) is 51.2 Å². The van der Waals surface area contributed by atoms with E-state index in [1.807, 2.05) is 6.08 Å². The number of hydrogen-bond acceptors (Lipinski definition) is 1. The molecule has 1 rings (SSSR count). The molecule has 1 saturated heterocycles. The van der Waals surface area contributed by atoms with Crippen LogP contribution < -0.4 is 0 Å². The smallest absolute Gasteiger partial charge is 0.0757 e. The van der Waals surface area contributed by atoms with Crippen molar-refractivity contribution in [1.29, 1.82) is 0 Å². The van der Waals surface area contributed by atoms with Gasteiger partial charge in [-0.15, -0.1) is 6.58 Å². The summed E-state index contributed by atoms with van der Waals surface area (Å²) in [4.78, 5) is 0. The lowest BCUT2D eigenvalue weighted by atomic mass is 10.1. The van der Waals surface area contributed by atoms with Crippen LogP contribution in [-0.2, 0) is 4.74 Å². The Morgan fingerprint density at radius 1 is 1.55 bits per heavy atom. The SMILES string of the molecule is C=C[C@@H]1CC[C@H](CCCC)O1.